The third kappa shape index (κ3) is 6.08. The monoisotopic (exact) mass is 494 g/mol. The number of carbonyl (C=O) groups is 4. The lowest BCUT2D eigenvalue weighted by Gasteiger charge is -2.35. The van der Waals surface area contributed by atoms with Crippen molar-refractivity contribution in [3.8, 4) is 5.75 Å². The van der Waals surface area contributed by atoms with Gasteiger partial charge in [0, 0.05) is 12.3 Å². The number of amides is 5. The minimum Gasteiger partial charge on any atom is -0.483 e. The Labute approximate surface area is 191 Å². The lowest BCUT2D eigenvalue weighted by Crippen LogP contribution is -2.68. The molecule has 1 aliphatic heterocycles. The molecule has 1 aliphatic rings. The molecule has 3 rings (SSSR count). The van der Waals surface area contributed by atoms with Crippen molar-refractivity contribution in [3.05, 3.63) is 64.1 Å². The lowest BCUT2D eigenvalue weighted by molar-refractivity contribution is -0.138. The van der Waals surface area contributed by atoms with Gasteiger partial charge >= 0.3 is 22.3 Å². The normalized spacial score (nSPS) is 15.1. The maximum Gasteiger partial charge on any atom is 0.405 e. The summed E-state index contributed by atoms with van der Waals surface area (Å²) in [5, 5.41) is 10.4. The quantitative estimate of drug-likeness (QED) is 0.188. The van der Waals surface area contributed by atoms with Gasteiger partial charge in [-0.05, 0) is 5.56 Å². The molecule has 2 heterocycles. The van der Waals surface area contributed by atoms with E-state index in [-0.39, 0.29) is 24.6 Å². The first-order chi connectivity index (χ1) is 16.1. The van der Waals surface area contributed by atoms with Crippen molar-refractivity contribution in [1.29, 1.82) is 0 Å². The molecule has 180 valence electrons. The fourth-order valence-electron chi connectivity index (χ4n) is 2.68. The summed E-state index contributed by atoms with van der Waals surface area (Å²) in [5.41, 5.74) is 1.63. The second-order valence-electron chi connectivity index (χ2n) is 6.77. The van der Waals surface area contributed by atoms with Gasteiger partial charge in [-0.15, -0.1) is 4.83 Å². The smallest absolute Gasteiger partial charge is 0.405 e. The van der Waals surface area contributed by atoms with Crippen LogP contribution in [0, 0.1) is 0 Å². The van der Waals surface area contributed by atoms with Crippen molar-refractivity contribution in [1.82, 2.24) is 30.2 Å². The van der Waals surface area contributed by atoms with Crippen molar-refractivity contribution in [2.45, 2.75) is 12.6 Å². The number of nitrogens with zero attached hydrogens (tertiary/aromatic N) is 1. The van der Waals surface area contributed by atoms with E-state index >= 15 is 0 Å². The van der Waals surface area contributed by atoms with Gasteiger partial charge in [0.05, 0.1) is 6.54 Å². The number of rotatable bonds is 8. The number of hydrazine groups is 1. The number of hydrogen-bond donors (Lipinski definition) is 6. The van der Waals surface area contributed by atoms with Crippen LogP contribution in [0.25, 0.3) is 0 Å². The van der Waals surface area contributed by atoms with E-state index in [9.17, 15) is 32.4 Å². The molecular formula is C18H18N6O9S. The number of carbonyl (C=O) groups excluding carboxylic acids is 3. The van der Waals surface area contributed by atoms with E-state index in [1.165, 1.54) is 4.72 Å². The lowest BCUT2D eigenvalue weighted by atomic mass is 10.1. The van der Waals surface area contributed by atoms with Gasteiger partial charge in [-0.1, -0.05) is 30.3 Å². The first-order valence-electron chi connectivity index (χ1n) is 9.40. The summed E-state index contributed by atoms with van der Waals surface area (Å²) in [6.45, 7) is -0.264. The standard InChI is InChI=1S/C18H18N6O9S/c25-13-6-11(19-7-14(13)33-9-10-4-2-1-3-5-10)15(26)21-23-34(31,32)22-17(28)24-8-12(16(24)27)20-18(29)30/h1-7,12,20,23H,8-9H2,(H,19,25)(H,21,26)(H,22,28)(H,29,30). The van der Waals surface area contributed by atoms with Gasteiger partial charge in [0.15, 0.2) is 5.75 Å². The van der Waals surface area contributed by atoms with Crippen LogP contribution >= 0.6 is 0 Å². The summed E-state index contributed by atoms with van der Waals surface area (Å²) >= 11 is 0. The van der Waals surface area contributed by atoms with Crippen LogP contribution in [0.1, 0.15) is 16.1 Å². The average Bonchev–Trinajstić information content (AvgIpc) is 2.79. The zero-order valence-electron chi connectivity index (χ0n) is 17.1. The Hall–Kier alpha value is -4.44. The number of nitrogens with one attached hydrogen (secondary N) is 5. The Kier molecular flexibility index (Phi) is 7.12. The second-order valence-corrected chi connectivity index (χ2v) is 8.18. The number of likely N-dealkylation sites (tertiary alicyclic amines) is 1. The molecule has 15 nitrogen and oxygen atoms in total. The van der Waals surface area contributed by atoms with Gasteiger partial charge < -0.3 is 20.1 Å². The molecule has 1 aromatic heterocycles. The van der Waals surface area contributed by atoms with Gasteiger partial charge in [-0.2, -0.15) is 8.42 Å². The van der Waals surface area contributed by atoms with E-state index in [0.29, 0.717) is 4.90 Å². The van der Waals surface area contributed by atoms with Gasteiger partial charge in [-0.25, -0.2) is 14.3 Å². The number of urea groups is 1. The zero-order chi connectivity index (χ0) is 24.9. The molecule has 34 heavy (non-hydrogen) atoms. The van der Waals surface area contributed by atoms with Crippen molar-refractivity contribution in [2.24, 2.45) is 0 Å². The third-order valence-electron chi connectivity index (χ3n) is 4.35. The highest BCUT2D eigenvalue weighted by Crippen LogP contribution is 2.10. The predicted molar refractivity (Wildman–Crippen MR) is 113 cm³/mol. The number of carboxylic acid groups (broad SMARTS) is 1. The van der Waals surface area contributed by atoms with Gasteiger partial charge in [0.25, 0.3) is 11.8 Å². The van der Waals surface area contributed by atoms with Gasteiger partial charge in [0.1, 0.15) is 18.3 Å². The summed E-state index contributed by atoms with van der Waals surface area (Å²) in [4.78, 5) is 62.8. The fraction of sp³-hybridized carbons (Fsp3) is 0.167. The number of H-pyrrole nitrogens is 1. The number of hydrogen-bond acceptors (Lipinski definition) is 8. The van der Waals surface area contributed by atoms with Crippen molar-refractivity contribution < 1.29 is 37.4 Å². The number of aromatic nitrogens is 1. The van der Waals surface area contributed by atoms with Crippen molar-refractivity contribution >= 4 is 34.1 Å². The molecule has 0 bridgehead atoms. The SMILES string of the molecule is O=C(O)NC1CN(C(=O)NS(=O)(=O)NNC(=O)c2cc(=O)c(OCc3ccccc3)c[nH]2)C1=O. The molecule has 1 atom stereocenters. The Balaban J connectivity index is 1.51. The summed E-state index contributed by atoms with van der Waals surface area (Å²) in [6, 6.07) is 7.37. The van der Waals surface area contributed by atoms with Crippen LogP contribution in [-0.2, 0) is 21.6 Å². The highest BCUT2D eigenvalue weighted by Gasteiger charge is 2.42. The summed E-state index contributed by atoms with van der Waals surface area (Å²) in [7, 11) is -4.66. The van der Waals surface area contributed by atoms with Crippen LogP contribution < -0.4 is 30.5 Å². The van der Waals surface area contributed by atoms with E-state index in [1.54, 1.807) is 34.5 Å². The summed E-state index contributed by atoms with van der Waals surface area (Å²) in [5.74, 6) is -2.08. The summed E-state index contributed by atoms with van der Waals surface area (Å²) in [6.07, 6.45) is -0.350. The molecule has 2 aromatic rings. The molecule has 0 spiro atoms. The van der Waals surface area contributed by atoms with E-state index in [0.717, 1.165) is 17.8 Å². The molecule has 0 radical (unpaired) electrons. The number of aromatic amines is 1. The molecule has 1 saturated heterocycles. The Morgan fingerprint density at radius 3 is 2.50 bits per heavy atom. The van der Waals surface area contributed by atoms with Crippen molar-refractivity contribution in [3.63, 3.8) is 0 Å². The molecule has 5 amide bonds. The first kappa shape index (κ1) is 24.2. The highest BCUT2D eigenvalue weighted by molar-refractivity contribution is 7.88. The minimum absolute atomic E-state index is 0.0665. The maximum atomic E-state index is 12.2. The van der Waals surface area contributed by atoms with Crippen LogP contribution in [0.5, 0.6) is 5.75 Å². The van der Waals surface area contributed by atoms with Gasteiger partial charge in [0.2, 0.25) is 5.43 Å². The molecular weight excluding hydrogens is 476 g/mol. The van der Waals surface area contributed by atoms with E-state index in [2.05, 4.69) is 4.98 Å². The molecule has 1 unspecified atom stereocenters. The molecule has 0 saturated carbocycles. The molecule has 1 aromatic carbocycles. The Morgan fingerprint density at radius 2 is 1.88 bits per heavy atom. The van der Waals surface area contributed by atoms with Crippen LogP contribution in [0.2, 0.25) is 0 Å². The van der Waals surface area contributed by atoms with E-state index in [1.807, 2.05) is 11.4 Å². The maximum absolute atomic E-state index is 12.2. The van der Waals surface area contributed by atoms with Crippen LogP contribution in [0.4, 0.5) is 9.59 Å². The van der Waals surface area contributed by atoms with E-state index < -0.39 is 45.6 Å². The number of β-lactam (4-membered cyclic amide) rings is 1. The highest BCUT2D eigenvalue weighted by atomic mass is 32.2. The zero-order valence-corrected chi connectivity index (χ0v) is 17.9. The van der Waals surface area contributed by atoms with Crippen molar-refractivity contribution in [2.75, 3.05) is 6.54 Å². The fourth-order valence-corrected chi connectivity index (χ4v) is 3.30. The summed E-state index contributed by atoms with van der Waals surface area (Å²) < 4.78 is 30.7. The van der Waals surface area contributed by atoms with Crippen LogP contribution in [-0.4, -0.2) is 59.9 Å². The Bertz CT molecular complexity index is 1280. The van der Waals surface area contributed by atoms with Crippen LogP contribution in [0.15, 0.2) is 47.4 Å². The van der Waals surface area contributed by atoms with Gasteiger partial charge in [-0.3, -0.25) is 24.7 Å². The Morgan fingerprint density at radius 1 is 1.18 bits per heavy atom. The molecule has 16 heteroatoms. The number of pyridine rings is 1. The van der Waals surface area contributed by atoms with E-state index in [4.69, 9.17) is 9.84 Å². The first-order valence-corrected chi connectivity index (χ1v) is 10.9. The minimum atomic E-state index is -4.66. The molecule has 1 fully saturated rings. The topological polar surface area (TPSA) is 216 Å². The predicted octanol–water partition coefficient (Wildman–Crippen LogP) is -1.38. The second kappa shape index (κ2) is 10.0. The van der Waals surface area contributed by atoms with Crippen LogP contribution in [0.3, 0.4) is 0 Å². The molecule has 0 aliphatic carbocycles. The number of ether oxygens (including phenoxy) is 1. The number of benzene rings is 1. The largest absolute Gasteiger partial charge is 0.483 e. The third-order valence-corrected chi connectivity index (χ3v) is 5.17. The molecule has 6 N–H and O–H groups in total. The average molecular weight is 494 g/mol. The number of imide groups is 1.